The maximum atomic E-state index is 11.5. The van der Waals surface area contributed by atoms with E-state index >= 15 is 0 Å². The maximum absolute atomic E-state index is 11.5. The maximum Gasteiger partial charge on any atom is 0.322 e. The third-order valence-corrected chi connectivity index (χ3v) is 3.18. The van der Waals surface area contributed by atoms with E-state index in [-0.39, 0.29) is 24.8 Å². The number of hydrogen-bond donors (Lipinski definition) is 3. The highest BCUT2D eigenvalue weighted by molar-refractivity contribution is 7.98. The number of nitrogens with one attached hydrogen (secondary N) is 2. The summed E-state index contributed by atoms with van der Waals surface area (Å²) < 4.78 is 0. The van der Waals surface area contributed by atoms with Gasteiger partial charge in [0.15, 0.2) is 0 Å². The van der Waals surface area contributed by atoms with Crippen molar-refractivity contribution in [2.75, 3.05) is 23.9 Å². The number of carboxylic acids is 1. The fourth-order valence-electron chi connectivity index (χ4n) is 1.55. The van der Waals surface area contributed by atoms with Crippen LogP contribution in [0.4, 0.5) is 5.69 Å². The molecule has 0 unspecified atom stereocenters. The van der Waals surface area contributed by atoms with E-state index < -0.39 is 5.97 Å². The predicted octanol–water partition coefficient (Wildman–Crippen LogP) is 1.12. The second-order valence-corrected chi connectivity index (χ2v) is 5.32. The Kier molecular flexibility index (Phi) is 7.31. The first-order valence-corrected chi connectivity index (χ1v) is 7.77. The van der Waals surface area contributed by atoms with Gasteiger partial charge in [0, 0.05) is 17.9 Å². The van der Waals surface area contributed by atoms with Crippen molar-refractivity contribution < 1.29 is 19.5 Å². The monoisotopic (exact) mass is 310 g/mol. The molecule has 0 aliphatic carbocycles. The Hall–Kier alpha value is -2.02. The average Bonchev–Trinajstić information content (AvgIpc) is 2.45. The molecule has 0 aromatic heterocycles. The van der Waals surface area contributed by atoms with E-state index in [2.05, 4.69) is 10.6 Å². The van der Waals surface area contributed by atoms with Crippen molar-refractivity contribution in [3.8, 4) is 0 Å². The van der Waals surface area contributed by atoms with Crippen LogP contribution in [0.2, 0.25) is 0 Å². The molecule has 0 aliphatic heterocycles. The highest BCUT2D eigenvalue weighted by Crippen LogP contribution is 2.11. The van der Waals surface area contributed by atoms with Crippen LogP contribution in [-0.2, 0) is 20.8 Å². The largest absolute Gasteiger partial charge is 0.480 e. The minimum atomic E-state index is -1.08. The van der Waals surface area contributed by atoms with Gasteiger partial charge in [-0.2, -0.15) is 11.8 Å². The Balaban J connectivity index is 2.44. The third-order valence-electron chi connectivity index (χ3n) is 2.57. The number of thioether (sulfide) groups is 1. The van der Waals surface area contributed by atoms with Crippen molar-refractivity contribution in [3.05, 3.63) is 29.8 Å². The molecule has 7 heteroatoms. The summed E-state index contributed by atoms with van der Waals surface area (Å²) >= 11 is 1.61. The van der Waals surface area contributed by atoms with Crippen LogP contribution >= 0.6 is 11.8 Å². The number of carboxylic acid groups (broad SMARTS) is 1. The van der Waals surface area contributed by atoms with Crippen LogP contribution < -0.4 is 10.6 Å². The SMILES string of the molecule is CSCCC(=O)Nc1ccc(CC(=O)NCC(=O)O)cc1. The Labute approximate surface area is 127 Å². The first-order chi connectivity index (χ1) is 10.0. The molecule has 6 nitrogen and oxygen atoms in total. The summed E-state index contributed by atoms with van der Waals surface area (Å²) in [6.45, 7) is -0.386. The molecule has 0 bridgehead atoms. The summed E-state index contributed by atoms with van der Waals surface area (Å²) in [5.74, 6) is -0.703. The third kappa shape index (κ3) is 7.36. The minimum Gasteiger partial charge on any atom is -0.480 e. The highest BCUT2D eigenvalue weighted by atomic mass is 32.2. The normalized spacial score (nSPS) is 9.95. The van der Waals surface area contributed by atoms with Crippen molar-refractivity contribution in [2.24, 2.45) is 0 Å². The summed E-state index contributed by atoms with van der Waals surface area (Å²) in [6, 6.07) is 6.89. The van der Waals surface area contributed by atoms with Gasteiger partial charge in [-0.3, -0.25) is 14.4 Å². The van der Waals surface area contributed by atoms with Crippen molar-refractivity contribution in [2.45, 2.75) is 12.8 Å². The van der Waals surface area contributed by atoms with Crippen LogP contribution in [-0.4, -0.2) is 41.4 Å². The minimum absolute atomic E-state index is 0.0451. The van der Waals surface area contributed by atoms with Crippen LogP contribution in [0.25, 0.3) is 0 Å². The summed E-state index contributed by atoms with van der Waals surface area (Å²) in [5, 5.41) is 13.5. The quantitative estimate of drug-likeness (QED) is 0.669. The number of hydrogen-bond acceptors (Lipinski definition) is 4. The zero-order valence-corrected chi connectivity index (χ0v) is 12.5. The topological polar surface area (TPSA) is 95.5 Å². The number of amides is 2. The molecule has 1 rings (SSSR count). The van der Waals surface area contributed by atoms with Crippen LogP contribution in [0.1, 0.15) is 12.0 Å². The molecule has 0 fully saturated rings. The molecular formula is C14H18N2O4S. The lowest BCUT2D eigenvalue weighted by atomic mass is 10.1. The van der Waals surface area contributed by atoms with Gasteiger partial charge >= 0.3 is 5.97 Å². The Bertz CT molecular complexity index is 502. The number of carbonyl (C=O) groups excluding carboxylic acids is 2. The average molecular weight is 310 g/mol. The van der Waals surface area contributed by atoms with Gasteiger partial charge in [0.05, 0.1) is 6.42 Å². The van der Waals surface area contributed by atoms with Gasteiger partial charge in [-0.15, -0.1) is 0 Å². The van der Waals surface area contributed by atoms with Crippen LogP contribution in [0, 0.1) is 0 Å². The van der Waals surface area contributed by atoms with E-state index in [0.717, 1.165) is 11.3 Å². The number of aliphatic carboxylic acids is 1. The number of carbonyl (C=O) groups is 3. The molecule has 0 atom stereocenters. The van der Waals surface area contributed by atoms with Gasteiger partial charge in [-0.05, 0) is 24.0 Å². The fraction of sp³-hybridized carbons (Fsp3) is 0.357. The van der Waals surface area contributed by atoms with E-state index in [1.165, 1.54) is 0 Å². The molecule has 2 amide bonds. The molecule has 0 aliphatic rings. The summed E-state index contributed by atoms with van der Waals surface area (Å²) in [7, 11) is 0. The molecule has 0 radical (unpaired) electrons. The highest BCUT2D eigenvalue weighted by Gasteiger charge is 2.06. The molecule has 1 aromatic rings. The molecule has 0 spiro atoms. The number of anilines is 1. The summed E-state index contributed by atoms with van der Waals surface area (Å²) in [5.41, 5.74) is 1.43. The first-order valence-electron chi connectivity index (χ1n) is 6.37. The Morgan fingerprint density at radius 1 is 1.14 bits per heavy atom. The predicted molar refractivity (Wildman–Crippen MR) is 82.4 cm³/mol. The standard InChI is InChI=1S/C14H18N2O4S/c1-21-7-6-12(17)16-11-4-2-10(3-5-11)8-13(18)15-9-14(19)20/h2-5H,6-9H2,1H3,(H,15,18)(H,16,17)(H,19,20). The lowest BCUT2D eigenvalue weighted by molar-refractivity contribution is -0.137. The van der Waals surface area contributed by atoms with Gasteiger partial charge in [-0.25, -0.2) is 0 Å². The number of rotatable bonds is 8. The zero-order valence-electron chi connectivity index (χ0n) is 11.7. The van der Waals surface area contributed by atoms with Crippen LogP contribution in [0.15, 0.2) is 24.3 Å². The van der Waals surface area contributed by atoms with Crippen molar-refractivity contribution in [3.63, 3.8) is 0 Å². The molecule has 3 N–H and O–H groups in total. The van der Waals surface area contributed by atoms with Crippen molar-refractivity contribution in [1.82, 2.24) is 5.32 Å². The Morgan fingerprint density at radius 3 is 2.38 bits per heavy atom. The first kappa shape index (κ1) is 17.0. The van der Waals surface area contributed by atoms with Crippen molar-refractivity contribution >= 4 is 35.2 Å². The lowest BCUT2D eigenvalue weighted by Crippen LogP contribution is -2.30. The summed E-state index contributed by atoms with van der Waals surface area (Å²) in [6.07, 6.45) is 2.51. The van der Waals surface area contributed by atoms with Gasteiger partial charge in [-0.1, -0.05) is 12.1 Å². The van der Waals surface area contributed by atoms with E-state index in [0.29, 0.717) is 12.1 Å². The van der Waals surface area contributed by atoms with E-state index in [4.69, 9.17) is 5.11 Å². The second kappa shape index (κ2) is 9.02. The van der Waals surface area contributed by atoms with Gasteiger partial charge in [0.1, 0.15) is 6.54 Å². The smallest absolute Gasteiger partial charge is 0.322 e. The van der Waals surface area contributed by atoms with Crippen LogP contribution in [0.3, 0.4) is 0 Å². The van der Waals surface area contributed by atoms with E-state index in [1.54, 1.807) is 36.0 Å². The van der Waals surface area contributed by atoms with E-state index in [1.807, 2.05) is 6.26 Å². The molecule has 0 saturated heterocycles. The van der Waals surface area contributed by atoms with Gasteiger partial charge in [0.2, 0.25) is 11.8 Å². The van der Waals surface area contributed by atoms with E-state index in [9.17, 15) is 14.4 Å². The van der Waals surface area contributed by atoms with Crippen molar-refractivity contribution in [1.29, 1.82) is 0 Å². The zero-order chi connectivity index (χ0) is 15.7. The summed E-state index contributed by atoms with van der Waals surface area (Å²) in [4.78, 5) is 33.3. The molecule has 1 aromatic carbocycles. The Morgan fingerprint density at radius 2 is 1.81 bits per heavy atom. The number of benzene rings is 1. The fourth-order valence-corrected chi connectivity index (χ4v) is 1.94. The molecular weight excluding hydrogens is 292 g/mol. The molecule has 21 heavy (non-hydrogen) atoms. The van der Waals surface area contributed by atoms with Gasteiger partial charge in [0.25, 0.3) is 0 Å². The second-order valence-electron chi connectivity index (χ2n) is 4.34. The van der Waals surface area contributed by atoms with Crippen LogP contribution in [0.5, 0.6) is 0 Å². The molecule has 114 valence electrons. The molecule has 0 heterocycles. The van der Waals surface area contributed by atoms with Gasteiger partial charge < -0.3 is 15.7 Å². The molecule has 0 saturated carbocycles. The lowest BCUT2D eigenvalue weighted by Gasteiger charge is -2.06.